The van der Waals surface area contributed by atoms with Crippen molar-refractivity contribution in [3.05, 3.63) is 29.3 Å². The number of aryl methyl sites for hydroxylation is 1. The van der Waals surface area contributed by atoms with Crippen LogP contribution in [0.4, 0.5) is 0 Å². The minimum Gasteiger partial charge on any atom is -0.507 e. The van der Waals surface area contributed by atoms with Crippen LogP contribution in [0.25, 0.3) is 0 Å². The highest BCUT2D eigenvalue weighted by molar-refractivity contribution is 6.01. The molecule has 1 atom stereocenters. The fourth-order valence-corrected chi connectivity index (χ4v) is 1.75. The van der Waals surface area contributed by atoms with E-state index in [2.05, 4.69) is 15.8 Å². The smallest absolute Gasteiger partial charge is 0.275 e. The highest BCUT2D eigenvalue weighted by atomic mass is 16.3. The highest BCUT2D eigenvalue weighted by Crippen LogP contribution is 2.20. The molecule has 0 aliphatic rings. The van der Waals surface area contributed by atoms with Crippen molar-refractivity contribution in [2.75, 3.05) is 0 Å². The van der Waals surface area contributed by atoms with E-state index in [1.54, 1.807) is 26.0 Å². The summed E-state index contributed by atoms with van der Waals surface area (Å²) in [6.45, 7) is 7.28. The van der Waals surface area contributed by atoms with Gasteiger partial charge in [-0.05, 0) is 38.8 Å². The van der Waals surface area contributed by atoms with E-state index in [9.17, 15) is 14.7 Å². The number of amides is 2. The molecule has 1 aromatic rings. The lowest BCUT2D eigenvalue weighted by molar-refractivity contribution is -0.120. The second-order valence-corrected chi connectivity index (χ2v) is 5.31. The van der Waals surface area contributed by atoms with Crippen molar-refractivity contribution >= 4 is 17.5 Å². The molecule has 0 aliphatic carbocycles. The van der Waals surface area contributed by atoms with Crippen molar-refractivity contribution in [2.24, 2.45) is 5.10 Å². The number of carbonyl (C=O) groups excluding carboxylic acids is 2. The average molecular weight is 305 g/mol. The van der Waals surface area contributed by atoms with Crippen LogP contribution in [0.2, 0.25) is 0 Å². The van der Waals surface area contributed by atoms with Crippen LogP contribution in [0.3, 0.4) is 0 Å². The van der Waals surface area contributed by atoms with Gasteiger partial charge in [-0.25, -0.2) is 5.43 Å². The van der Waals surface area contributed by atoms with Crippen LogP contribution in [0.5, 0.6) is 5.75 Å². The predicted octanol–water partition coefficient (Wildman–Crippen LogP) is 2.11. The number of aromatic hydroxyl groups is 1. The van der Waals surface area contributed by atoms with Gasteiger partial charge in [0, 0.05) is 11.8 Å². The summed E-state index contributed by atoms with van der Waals surface area (Å²) in [7, 11) is 0. The Morgan fingerprint density at radius 1 is 1.36 bits per heavy atom. The lowest BCUT2D eigenvalue weighted by atomic mass is 10.1. The molecule has 0 fully saturated rings. The van der Waals surface area contributed by atoms with Crippen molar-refractivity contribution in [2.45, 2.75) is 46.6 Å². The van der Waals surface area contributed by atoms with Crippen LogP contribution in [0.1, 0.15) is 49.5 Å². The molecule has 6 nitrogen and oxygen atoms in total. The van der Waals surface area contributed by atoms with E-state index < -0.39 is 5.91 Å². The van der Waals surface area contributed by atoms with Gasteiger partial charge in [0.05, 0.1) is 12.0 Å². The number of hydrazone groups is 1. The molecule has 0 bridgehead atoms. The number of para-hydroxylation sites is 1. The van der Waals surface area contributed by atoms with Gasteiger partial charge >= 0.3 is 0 Å². The molecule has 120 valence electrons. The molecule has 1 aromatic carbocycles. The Morgan fingerprint density at radius 2 is 2.05 bits per heavy atom. The zero-order valence-electron chi connectivity index (χ0n) is 13.4. The highest BCUT2D eigenvalue weighted by Gasteiger charge is 2.12. The standard InChI is InChI=1S/C16H23N3O3/c1-5-11(3)17-14(20)9-12(4)18-19-16(22)13-8-6-7-10(2)15(13)21/h6-8,11,21H,5,9H2,1-4H3,(H,17,20)(H,19,22)/t11-/m1/s1. The molecule has 0 spiro atoms. The van der Waals surface area contributed by atoms with E-state index in [4.69, 9.17) is 0 Å². The lowest BCUT2D eigenvalue weighted by Crippen LogP contribution is -2.33. The first-order chi connectivity index (χ1) is 10.3. The number of phenols is 1. The molecule has 0 aliphatic heterocycles. The monoisotopic (exact) mass is 305 g/mol. The van der Waals surface area contributed by atoms with Crippen molar-refractivity contribution in [3.8, 4) is 5.75 Å². The summed E-state index contributed by atoms with van der Waals surface area (Å²) in [6, 6.07) is 5.01. The first-order valence-corrected chi connectivity index (χ1v) is 7.26. The Hall–Kier alpha value is -2.37. The number of carbonyl (C=O) groups is 2. The van der Waals surface area contributed by atoms with Crippen LogP contribution in [0.15, 0.2) is 23.3 Å². The van der Waals surface area contributed by atoms with Gasteiger partial charge in [0.25, 0.3) is 5.91 Å². The summed E-state index contributed by atoms with van der Waals surface area (Å²) in [4.78, 5) is 23.6. The van der Waals surface area contributed by atoms with Gasteiger partial charge in [-0.1, -0.05) is 19.1 Å². The quantitative estimate of drug-likeness (QED) is 0.555. The van der Waals surface area contributed by atoms with Gasteiger partial charge in [0.1, 0.15) is 5.75 Å². The van der Waals surface area contributed by atoms with Gasteiger partial charge in [-0.2, -0.15) is 5.10 Å². The van der Waals surface area contributed by atoms with Crippen LogP contribution in [0, 0.1) is 6.92 Å². The molecule has 0 radical (unpaired) electrons. The Labute approximate surface area is 130 Å². The molecule has 2 amide bonds. The molecule has 0 aromatic heterocycles. The Kier molecular flexibility index (Phi) is 6.56. The maximum atomic E-state index is 12.0. The number of nitrogens with zero attached hydrogens (tertiary/aromatic N) is 1. The van der Waals surface area contributed by atoms with Crippen molar-refractivity contribution in [3.63, 3.8) is 0 Å². The molecule has 0 saturated heterocycles. The lowest BCUT2D eigenvalue weighted by Gasteiger charge is -2.11. The number of phenolic OH excluding ortho intramolecular Hbond substituents is 1. The molecule has 0 saturated carbocycles. The normalized spacial score (nSPS) is 12.6. The average Bonchev–Trinajstić information content (AvgIpc) is 2.47. The minimum absolute atomic E-state index is 0.0673. The third kappa shape index (κ3) is 5.20. The van der Waals surface area contributed by atoms with E-state index >= 15 is 0 Å². The second-order valence-electron chi connectivity index (χ2n) is 5.31. The van der Waals surface area contributed by atoms with Crippen molar-refractivity contribution in [1.29, 1.82) is 0 Å². The van der Waals surface area contributed by atoms with Crippen LogP contribution >= 0.6 is 0 Å². The number of rotatable bonds is 6. The fourth-order valence-electron chi connectivity index (χ4n) is 1.75. The largest absolute Gasteiger partial charge is 0.507 e. The molecule has 6 heteroatoms. The van der Waals surface area contributed by atoms with Gasteiger partial charge in [0.2, 0.25) is 5.91 Å². The SMILES string of the molecule is CC[C@@H](C)NC(=O)CC(C)=NNC(=O)c1cccc(C)c1O. The number of hydrogen-bond donors (Lipinski definition) is 3. The topological polar surface area (TPSA) is 90.8 Å². The van der Waals surface area contributed by atoms with Crippen molar-refractivity contribution < 1.29 is 14.7 Å². The van der Waals surface area contributed by atoms with Gasteiger partial charge in [-0.3, -0.25) is 9.59 Å². The van der Waals surface area contributed by atoms with E-state index in [0.29, 0.717) is 11.3 Å². The minimum atomic E-state index is -0.511. The third-order valence-electron chi connectivity index (χ3n) is 3.27. The van der Waals surface area contributed by atoms with Gasteiger partial charge in [-0.15, -0.1) is 0 Å². The molecule has 1 rings (SSSR count). The zero-order chi connectivity index (χ0) is 16.7. The third-order valence-corrected chi connectivity index (χ3v) is 3.27. The zero-order valence-corrected chi connectivity index (χ0v) is 13.4. The van der Waals surface area contributed by atoms with Crippen molar-refractivity contribution in [1.82, 2.24) is 10.7 Å². The maximum Gasteiger partial charge on any atom is 0.275 e. The van der Waals surface area contributed by atoms with E-state index in [1.165, 1.54) is 6.07 Å². The summed E-state index contributed by atoms with van der Waals surface area (Å²) >= 11 is 0. The molecule has 0 unspecified atom stereocenters. The van der Waals surface area contributed by atoms with E-state index in [0.717, 1.165) is 6.42 Å². The Bertz CT molecular complexity index is 582. The number of hydrogen-bond acceptors (Lipinski definition) is 4. The first-order valence-electron chi connectivity index (χ1n) is 7.26. The second kappa shape index (κ2) is 8.17. The van der Waals surface area contributed by atoms with E-state index in [1.807, 2.05) is 13.8 Å². The van der Waals surface area contributed by atoms with E-state index in [-0.39, 0.29) is 29.7 Å². The van der Waals surface area contributed by atoms with Gasteiger partial charge < -0.3 is 10.4 Å². The molecular formula is C16H23N3O3. The van der Waals surface area contributed by atoms with Crippen LogP contribution in [-0.2, 0) is 4.79 Å². The molecular weight excluding hydrogens is 282 g/mol. The first kappa shape index (κ1) is 17.7. The summed E-state index contributed by atoms with van der Waals surface area (Å²) in [5, 5.41) is 16.5. The molecule has 0 heterocycles. The summed E-state index contributed by atoms with van der Waals surface area (Å²) in [5.74, 6) is -0.714. The summed E-state index contributed by atoms with van der Waals surface area (Å²) < 4.78 is 0. The fraction of sp³-hybridized carbons (Fsp3) is 0.438. The Balaban J connectivity index is 2.61. The maximum absolute atomic E-state index is 12.0. The number of nitrogens with one attached hydrogen (secondary N) is 2. The predicted molar refractivity (Wildman–Crippen MR) is 85.9 cm³/mol. The summed E-state index contributed by atoms with van der Waals surface area (Å²) in [6.07, 6.45) is 0.968. The molecule has 22 heavy (non-hydrogen) atoms. The number of benzene rings is 1. The van der Waals surface area contributed by atoms with Gasteiger partial charge in [0.15, 0.2) is 0 Å². The Morgan fingerprint density at radius 3 is 2.68 bits per heavy atom. The van der Waals surface area contributed by atoms with Crippen LogP contribution in [-0.4, -0.2) is 28.7 Å². The molecule has 3 N–H and O–H groups in total. The van der Waals surface area contributed by atoms with Crippen LogP contribution < -0.4 is 10.7 Å². The summed E-state index contributed by atoms with van der Waals surface area (Å²) in [5.41, 5.74) is 3.60.